The number of carboxylic acids is 1. The molecule has 4 heteroatoms. The monoisotopic (exact) mass is 262 g/mol. The van der Waals surface area contributed by atoms with Crippen LogP contribution in [0, 0.1) is 6.92 Å². The number of piperazine rings is 1. The van der Waals surface area contributed by atoms with E-state index in [1.165, 1.54) is 0 Å². The van der Waals surface area contributed by atoms with E-state index in [0.717, 1.165) is 37.3 Å². The van der Waals surface area contributed by atoms with Crippen molar-refractivity contribution in [2.24, 2.45) is 0 Å². The van der Waals surface area contributed by atoms with Crippen LogP contribution in [0.25, 0.3) is 0 Å². The van der Waals surface area contributed by atoms with Crippen LogP contribution < -0.4 is 0 Å². The zero-order valence-electron chi connectivity index (χ0n) is 11.7. The third-order valence-corrected chi connectivity index (χ3v) is 3.78. The number of carbonyl (C=O) groups is 1. The molecular formula is C15H22N2O2. The van der Waals surface area contributed by atoms with E-state index >= 15 is 0 Å². The van der Waals surface area contributed by atoms with Crippen LogP contribution in [0.1, 0.15) is 17.0 Å². The zero-order valence-corrected chi connectivity index (χ0v) is 11.7. The van der Waals surface area contributed by atoms with Crippen molar-refractivity contribution in [2.75, 3.05) is 39.8 Å². The van der Waals surface area contributed by atoms with Crippen LogP contribution in [0.5, 0.6) is 0 Å². The summed E-state index contributed by atoms with van der Waals surface area (Å²) in [5.41, 5.74) is 2.02. The number of benzene rings is 1. The summed E-state index contributed by atoms with van der Waals surface area (Å²) in [5.74, 6) is -1.16. The highest BCUT2D eigenvalue weighted by Gasteiger charge is 2.24. The lowest BCUT2D eigenvalue weighted by Crippen LogP contribution is -2.46. The van der Waals surface area contributed by atoms with E-state index in [2.05, 4.69) is 16.8 Å². The van der Waals surface area contributed by atoms with Crippen molar-refractivity contribution in [3.05, 3.63) is 35.4 Å². The van der Waals surface area contributed by atoms with Gasteiger partial charge in [-0.2, -0.15) is 0 Å². The van der Waals surface area contributed by atoms with Crippen LogP contribution in [0.15, 0.2) is 24.3 Å². The maximum Gasteiger partial charge on any atom is 0.312 e. The van der Waals surface area contributed by atoms with Crippen LogP contribution in [0.2, 0.25) is 0 Å². The Labute approximate surface area is 114 Å². The first-order valence-electron chi connectivity index (χ1n) is 6.76. The van der Waals surface area contributed by atoms with Crippen molar-refractivity contribution in [3.63, 3.8) is 0 Å². The highest BCUT2D eigenvalue weighted by Crippen LogP contribution is 2.19. The summed E-state index contributed by atoms with van der Waals surface area (Å²) in [4.78, 5) is 16.0. The van der Waals surface area contributed by atoms with Crippen molar-refractivity contribution in [1.82, 2.24) is 9.80 Å². The summed E-state index contributed by atoms with van der Waals surface area (Å²) >= 11 is 0. The van der Waals surface area contributed by atoms with Gasteiger partial charge in [-0.1, -0.05) is 29.8 Å². The highest BCUT2D eigenvalue weighted by atomic mass is 16.4. The lowest BCUT2D eigenvalue weighted by Gasteiger charge is -2.33. The lowest BCUT2D eigenvalue weighted by atomic mass is 9.97. The van der Waals surface area contributed by atoms with E-state index in [0.29, 0.717) is 6.54 Å². The summed E-state index contributed by atoms with van der Waals surface area (Å²) in [6.45, 7) is 6.53. The maximum atomic E-state index is 11.5. The van der Waals surface area contributed by atoms with Crippen LogP contribution >= 0.6 is 0 Å². The molecular weight excluding hydrogens is 240 g/mol. The van der Waals surface area contributed by atoms with Gasteiger partial charge in [-0.15, -0.1) is 0 Å². The van der Waals surface area contributed by atoms with Gasteiger partial charge in [-0.05, 0) is 19.5 Å². The van der Waals surface area contributed by atoms with Gasteiger partial charge in [-0.25, -0.2) is 0 Å². The molecule has 1 aromatic rings. The van der Waals surface area contributed by atoms with Crippen molar-refractivity contribution in [3.8, 4) is 0 Å². The molecule has 0 aromatic heterocycles. The Morgan fingerprint density at radius 3 is 2.58 bits per heavy atom. The minimum absolute atomic E-state index is 0.427. The van der Waals surface area contributed by atoms with E-state index in [1.807, 2.05) is 31.2 Å². The highest BCUT2D eigenvalue weighted by molar-refractivity contribution is 5.76. The fraction of sp³-hybridized carbons (Fsp3) is 0.533. The van der Waals surface area contributed by atoms with Gasteiger partial charge < -0.3 is 10.0 Å². The van der Waals surface area contributed by atoms with Gasteiger partial charge in [0.05, 0.1) is 5.92 Å². The maximum absolute atomic E-state index is 11.5. The molecule has 1 atom stereocenters. The van der Waals surface area contributed by atoms with Gasteiger partial charge in [0.2, 0.25) is 0 Å². The normalized spacial score (nSPS) is 19.3. The second-order valence-corrected chi connectivity index (χ2v) is 5.41. The number of rotatable bonds is 4. The quantitative estimate of drug-likeness (QED) is 0.891. The molecule has 1 aliphatic heterocycles. The first-order valence-corrected chi connectivity index (χ1v) is 6.76. The molecule has 0 amide bonds. The number of hydrogen-bond acceptors (Lipinski definition) is 3. The SMILES string of the molecule is Cc1cccc(C(CN2CCN(C)CC2)C(=O)O)c1. The van der Waals surface area contributed by atoms with Gasteiger partial charge in [-0.3, -0.25) is 9.69 Å². The molecule has 1 saturated heterocycles. The van der Waals surface area contributed by atoms with Crippen molar-refractivity contribution in [2.45, 2.75) is 12.8 Å². The van der Waals surface area contributed by atoms with E-state index in [1.54, 1.807) is 0 Å². The number of aliphatic carboxylic acids is 1. The average molecular weight is 262 g/mol. The lowest BCUT2D eigenvalue weighted by molar-refractivity contribution is -0.139. The molecule has 0 bridgehead atoms. The number of hydrogen-bond donors (Lipinski definition) is 1. The third-order valence-electron chi connectivity index (χ3n) is 3.78. The van der Waals surface area contributed by atoms with Crippen molar-refractivity contribution in [1.29, 1.82) is 0 Å². The molecule has 2 rings (SSSR count). The number of likely N-dealkylation sites (N-methyl/N-ethyl adjacent to an activating group) is 1. The zero-order chi connectivity index (χ0) is 13.8. The van der Waals surface area contributed by atoms with E-state index in [4.69, 9.17) is 0 Å². The minimum Gasteiger partial charge on any atom is -0.481 e. The Morgan fingerprint density at radius 2 is 2.00 bits per heavy atom. The summed E-state index contributed by atoms with van der Waals surface area (Å²) in [6, 6.07) is 7.83. The third kappa shape index (κ3) is 3.78. The molecule has 1 N–H and O–H groups in total. The van der Waals surface area contributed by atoms with Crippen LogP contribution in [0.4, 0.5) is 0 Å². The minimum atomic E-state index is -0.732. The molecule has 4 nitrogen and oxygen atoms in total. The number of aryl methyl sites for hydroxylation is 1. The standard InChI is InChI=1S/C15H22N2O2/c1-12-4-3-5-13(10-12)14(15(18)19)11-17-8-6-16(2)7-9-17/h3-5,10,14H,6-9,11H2,1-2H3,(H,18,19). The van der Waals surface area contributed by atoms with Gasteiger partial charge >= 0.3 is 5.97 Å². The van der Waals surface area contributed by atoms with Crippen LogP contribution in [-0.2, 0) is 4.79 Å². The van der Waals surface area contributed by atoms with Gasteiger partial charge in [0, 0.05) is 32.7 Å². The topological polar surface area (TPSA) is 43.8 Å². The average Bonchev–Trinajstić information content (AvgIpc) is 2.37. The summed E-state index contributed by atoms with van der Waals surface area (Å²) in [6.07, 6.45) is 0. The van der Waals surface area contributed by atoms with Gasteiger partial charge in [0.15, 0.2) is 0 Å². The van der Waals surface area contributed by atoms with E-state index < -0.39 is 11.9 Å². The van der Waals surface area contributed by atoms with E-state index in [9.17, 15) is 9.90 Å². The predicted octanol–water partition coefficient (Wildman–Crippen LogP) is 1.41. The molecule has 19 heavy (non-hydrogen) atoms. The first kappa shape index (κ1) is 14.0. The molecule has 0 aliphatic carbocycles. The molecule has 1 fully saturated rings. The van der Waals surface area contributed by atoms with Gasteiger partial charge in [0.25, 0.3) is 0 Å². The van der Waals surface area contributed by atoms with Crippen molar-refractivity contribution >= 4 is 5.97 Å². The summed E-state index contributed by atoms with van der Waals surface area (Å²) < 4.78 is 0. The molecule has 0 radical (unpaired) electrons. The van der Waals surface area contributed by atoms with Crippen LogP contribution in [-0.4, -0.2) is 60.6 Å². The number of carboxylic acid groups (broad SMARTS) is 1. The smallest absolute Gasteiger partial charge is 0.312 e. The molecule has 0 spiro atoms. The second kappa shape index (κ2) is 6.17. The largest absolute Gasteiger partial charge is 0.481 e. The Balaban J connectivity index is 2.06. The van der Waals surface area contributed by atoms with Gasteiger partial charge in [0.1, 0.15) is 0 Å². The van der Waals surface area contributed by atoms with Crippen molar-refractivity contribution < 1.29 is 9.90 Å². The second-order valence-electron chi connectivity index (χ2n) is 5.41. The first-order chi connectivity index (χ1) is 9.06. The Hall–Kier alpha value is -1.39. The molecule has 1 aliphatic rings. The Kier molecular flexibility index (Phi) is 4.56. The Bertz CT molecular complexity index is 440. The molecule has 1 unspecified atom stereocenters. The fourth-order valence-corrected chi connectivity index (χ4v) is 2.50. The van der Waals surface area contributed by atoms with Crippen LogP contribution in [0.3, 0.4) is 0 Å². The fourth-order valence-electron chi connectivity index (χ4n) is 2.50. The predicted molar refractivity (Wildman–Crippen MR) is 75.5 cm³/mol. The van der Waals surface area contributed by atoms with E-state index in [-0.39, 0.29) is 0 Å². The summed E-state index contributed by atoms with van der Waals surface area (Å²) in [7, 11) is 2.10. The molecule has 1 heterocycles. The molecule has 104 valence electrons. The molecule has 0 saturated carbocycles. The number of nitrogens with zero attached hydrogens (tertiary/aromatic N) is 2. The summed E-state index contributed by atoms with van der Waals surface area (Å²) in [5, 5.41) is 9.46. The molecule has 1 aromatic carbocycles. The Morgan fingerprint density at radius 1 is 1.32 bits per heavy atom.